The van der Waals surface area contributed by atoms with E-state index in [9.17, 15) is 14.7 Å². The summed E-state index contributed by atoms with van der Waals surface area (Å²) in [6.07, 6.45) is 4.75. The number of fused-ring (bicyclic) bond motifs is 3. The summed E-state index contributed by atoms with van der Waals surface area (Å²) in [7, 11) is 1.57. The van der Waals surface area contributed by atoms with Crippen LogP contribution in [0.4, 0.5) is 0 Å². The summed E-state index contributed by atoms with van der Waals surface area (Å²) < 4.78 is 10.7. The number of carbonyl (C=O) groups is 1. The molecule has 0 unspecified atom stereocenters. The van der Waals surface area contributed by atoms with Gasteiger partial charge in [-0.05, 0) is 81.3 Å². The van der Waals surface area contributed by atoms with Crippen molar-refractivity contribution < 1.29 is 19.1 Å². The van der Waals surface area contributed by atoms with E-state index in [1.54, 1.807) is 55.8 Å². The van der Waals surface area contributed by atoms with Crippen molar-refractivity contribution in [1.29, 1.82) is 0 Å². The highest BCUT2D eigenvalue weighted by Crippen LogP contribution is 2.37. The number of aliphatic imine (C=N–C) groups is 1. The van der Waals surface area contributed by atoms with E-state index < -0.39 is 5.63 Å². The van der Waals surface area contributed by atoms with Crippen LogP contribution < -0.4 is 10.4 Å². The Bertz CT molecular complexity index is 1550. The molecular formula is C29H27NO5. The van der Waals surface area contributed by atoms with Crippen LogP contribution in [0.3, 0.4) is 0 Å². The fourth-order valence-electron chi connectivity index (χ4n) is 3.84. The van der Waals surface area contributed by atoms with Crippen LogP contribution in [0.2, 0.25) is 0 Å². The molecule has 35 heavy (non-hydrogen) atoms. The topological polar surface area (TPSA) is 89.1 Å². The van der Waals surface area contributed by atoms with Gasteiger partial charge in [-0.3, -0.25) is 9.79 Å². The molecule has 0 atom stereocenters. The molecule has 1 N–H and O–H groups in total. The van der Waals surface area contributed by atoms with Crippen LogP contribution in [0.1, 0.15) is 47.8 Å². The molecule has 0 amide bonds. The van der Waals surface area contributed by atoms with Gasteiger partial charge < -0.3 is 14.3 Å². The first-order valence-electron chi connectivity index (χ1n) is 11.2. The molecule has 0 aliphatic carbocycles. The van der Waals surface area contributed by atoms with Gasteiger partial charge in [-0.1, -0.05) is 12.1 Å². The largest absolute Gasteiger partial charge is 0.507 e. The number of carbonyl (C=O) groups excluding carboxylic acids is 1. The standard InChI is InChI=1S/C29H27NO5/c1-17-14-25(32)35-28-22(17)11-12-23-26(28)19(15-20(27(23)33)16-30-29(2,3)4)8-13-24(31)18-6-9-21(34-5)10-7-18/h6-16,33H,1-5H3/b13-8+,30-16?. The van der Waals surface area contributed by atoms with Gasteiger partial charge in [0.1, 0.15) is 17.1 Å². The summed E-state index contributed by atoms with van der Waals surface area (Å²) in [4.78, 5) is 29.6. The third kappa shape index (κ3) is 5.01. The van der Waals surface area contributed by atoms with Gasteiger partial charge in [0.15, 0.2) is 5.78 Å². The molecule has 178 valence electrons. The molecule has 4 aromatic rings. The fraction of sp³-hybridized carbons (Fsp3) is 0.207. The van der Waals surface area contributed by atoms with Crippen molar-refractivity contribution in [2.45, 2.75) is 33.2 Å². The summed E-state index contributed by atoms with van der Waals surface area (Å²) in [6.45, 7) is 7.71. The minimum atomic E-state index is -0.482. The molecule has 0 spiro atoms. The number of benzene rings is 3. The van der Waals surface area contributed by atoms with Crippen LogP contribution in [0.5, 0.6) is 11.5 Å². The number of phenolic OH excluding ortho intramolecular Hbond substituents is 1. The number of aromatic hydroxyl groups is 1. The average Bonchev–Trinajstić information content (AvgIpc) is 2.81. The third-order valence-corrected chi connectivity index (χ3v) is 5.63. The Morgan fingerprint density at radius 1 is 1.03 bits per heavy atom. The Balaban J connectivity index is 1.94. The summed E-state index contributed by atoms with van der Waals surface area (Å²) in [6, 6.07) is 13.6. The number of rotatable bonds is 5. The van der Waals surface area contributed by atoms with Gasteiger partial charge in [0, 0.05) is 39.6 Å². The van der Waals surface area contributed by atoms with Crippen LogP contribution >= 0.6 is 0 Å². The summed E-state index contributed by atoms with van der Waals surface area (Å²) in [5.41, 5.74) is 1.93. The zero-order valence-corrected chi connectivity index (χ0v) is 20.4. The number of nitrogens with zero attached hydrogens (tertiary/aromatic N) is 1. The monoisotopic (exact) mass is 469 g/mol. The first-order valence-corrected chi connectivity index (χ1v) is 11.2. The number of ether oxygens (including phenoxy) is 1. The zero-order chi connectivity index (χ0) is 25.3. The Kier molecular flexibility index (Phi) is 6.31. The molecule has 3 aromatic carbocycles. The number of hydrogen-bond acceptors (Lipinski definition) is 6. The molecule has 0 aliphatic rings. The molecule has 0 radical (unpaired) electrons. The maximum absolute atomic E-state index is 12.9. The molecule has 0 bridgehead atoms. The Hall–Kier alpha value is -4.19. The molecule has 0 saturated heterocycles. The molecule has 0 aliphatic heterocycles. The number of phenols is 1. The summed E-state index contributed by atoms with van der Waals surface area (Å²) in [5.74, 6) is 0.490. The second-order valence-electron chi connectivity index (χ2n) is 9.37. The molecule has 6 nitrogen and oxygen atoms in total. The van der Waals surface area contributed by atoms with Crippen molar-refractivity contribution in [2.24, 2.45) is 4.99 Å². The lowest BCUT2D eigenvalue weighted by Gasteiger charge is -2.14. The van der Waals surface area contributed by atoms with Crippen molar-refractivity contribution >= 4 is 39.8 Å². The molecule has 1 aromatic heterocycles. The number of methoxy groups -OCH3 is 1. The average molecular weight is 470 g/mol. The number of allylic oxidation sites excluding steroid dienone is 1. The molecule has 1 heterocycles. The van der Waals surface area contributed by atoms with Gasteiger partial charge in [-0.25, -0.2) is 4.79 Å². The zero-order valence-electron chi connectivity index (χ0n) is 20.4. The van der Waals surface area contributed by atoms with Crippen molar-refractivity contribution in [3.8, 4) is 11.5 Å². The fourth-order valence-corrected chi connectivity index (χ4v) is 3.84. The van der Waals surface area contributed by atoms with Crippen LogP contribution in [-0.2, 0) is 0 Å². The van der Waals surface area contributed by atoms with E-state index in [1.807, 2.05) is 33.8 Å². The Morgan fingerprint density at radius 3 is 2.37 bits per heavy atom. The second kappa shape index (κ2) is 9.22. The van der Waals surface area contributed by atoms with E-state index in [4.69, 9.17) is 9.15 Å². The lowest BCUT2D eigenvalue weighted by Crippen LogP contribution is -2.09. The highest BCUT2D eigenvalue weighted by Gasteiger charge is 2.16. The summed E-state index contributed by atoms with van der Waals surface area (Å²) in [5, 5.41) is 12.9. The summed E-state index contributed by atoms with van der Waals surface area (Å²) >= 11 is 0. The Morgan fingerprint density at radius 2 is 1.71 bits per heavy atom. The molecular weight excluding hydrogens is 442 g/mol. The van der Waals surface area contributed by atoms with E-state index >= 15 is 0 Å². The van der Waals surface area contributed by atoms with Gasteiger partial charge in [0.2, 0.25) is 0 Å². The van der Waals surface area contributed by atoms with Crippen molar-refractivity contribution in [2.75, 3.05) is 7.11 Å². The molecule has 6 heteroatoms. The van der Waals surface area contributed by atoms with Crippen molar-refractivity contribution in [3.05, 3.63) is 87.3 Å². The van der Waals surface area contributed by atoms with Gasteiger partial charge in [-0.2, -0.15) is 0 Å². The predicted molar refractivity (Wildman–Crippen MR) is 140 cm³/mol. The van der Waals surface area contributed by atoms with Crippen molar-refractivity contribution in [3.63, 3.8) is 0 Å². The Labute approximate surface area is 203 Å². The van der Waals surface area contributed by atoms with Gasteiger partial charge in [0.05, 0.1) is 12.6 Å². The van der Waals surface area contributed by atoms with E-state index in [2.05, 4.69) is 4.99 Å². The van der Waals surface area contributed by atoms with Crippen LogP contribution in [0.25, 0.3) is 27.8 Å². The first-order chi connectivity index (χ1) is 16.6. The smallest absolute Gasteiger partial charge is 0.336 e. The highest BCUT2D eigenvalue weighted by molar-refractivity contribution is 6.15. The first kappa shape index (κ1) is 24.0. The van der Waals surface area contributed by atoms with Crippen molar-refractivity contribution in [1.82, 2.24) is 0 Å². The number of aryl methyl sites for hydroxylation is 1. The minimum absolute atomic E-state index is 0.0256. The van der Waals surface area contributed by atoms with Gasteiger partial charge >= 0.3 is 5.63 Å². The maximum Gasteiger partial charge on any atom is 0.336 e. The van der Waals surface area contributed by atoms with Gasteiger partial charge in [-0.15, -0.1) is 0 Å². The van der Waals surface area contributed by atoms with E-state index in [0.29, 0.717) is 38.8 Å². The normalized spacial score (nSPS) is 12.3. The van der Waals surface area contributed by atoms with Crippen LogP contribution in [-0.4, -0.2) is 29.8 Å². The third-order valence-electron chi connectivity index (χ3n) is 5.63. The van der Waals surface area contributed by atoms with E-state index in [0.717, 1.165) is 10.9 Å². The predicted octanol–water partition coefficient (Wildman–Crippen LogP) is 6.08. The van der Waals surface area contributed by atoms with Crippen LogP contribution in [0.15, 0.2) is 68.8 Å². The number of ketones is 1. The quantitative estimate of drug-likeness (QED) is 0.126. The lowest BCUT2D eigenvalue weighted by molar-refractivity contribution is 0.104. The molecule has 0 saturated carbocycles. The second-order valence-corrected chi connectivity index (χ2v) is 9.37. The van der Waals surface area contributed by atoms with Crippen LogP contribution in [0, 0.1) is 6.92 Å². The lowest BCUT2D eigenvalue weighted by atomic mass is 9.95. The SMILES string of the molecule is COc1ccc(C(=O)/C=C/c2cc(C=NC(C)(C)C)c(O)c3ccc4c(C)cc(=O)oc4c23)cc1. The van der Waals surface area contributed by atoms with E-state index in [1.165, 1.54) is 12.1 Å². The van der Waals surface area contributed by atoms with Gasteiger partial charge in [0.25, 0.3) is 0 Å². The molecule has 0 fully saturated rings. The minimum Gasteiger partial charge on any atom is -0.507 e. The maximum atomic E-state index is 12.9. The molecule has 4 rings (SSSR count). The highest BCUT2D eigenvalue weighted by atomic mass is 16.5. The van der Waals surface area contributed by atoms with E-state index in [-0.39, 0.29) is 17.1 Å². The number of hydrogen-bond donors (Lipinski definition) is 1.